The summed E-state index contributed by atoms with van der Waals surface area (Å²) in [6.07, 6.45) is 3.84. The van der Waals surface area contributed by atoms with Gasteiger partial charge >= 0.3 is 0 Å². The molecule has 98 valence electrons. The summed E-state index contributed by atoms with van der Waals surface area (Å²) in [7, 11) is 0. The number of amides is 1. The van der Waals surface area contributed by atoms with Gasteiger partial charge in [0.05, 0.1) is 18.5 Å². The fraction of sp³-hybridized carbons (Fsp3) is 0.231. The van der Waals surface area contributed by atoms with E-state index in [4.69, 9.17) is 16.0 Å². The minimum absolute atomic E-state index is 0.0799. The van der Waals surface area contributed by atoms with Crippen molar-refractivity contribution in [1.29, 1.82) is 0 Å². The summed E-state index contributed by atoms with van der Waals surface area (Å²) in [6.45, 7) is 0.381. The molecule has 0 bridgehead atoms. The Kier molecular flexibility index (Phi) is 3.13. The van der Waals surface area contributed by atoms with Crippen LogP contribution in [-0.2, 0) is 17.8 Å². The van der Waals surface area contributed by atoms with Crippen LogP contribution in [0.2, 0.25) is 5.15 Å². The normalized spacial score (nSPS) is 16.8. The Morgan fingerprint density at radius 2 is 2.47 bits per heavy atom. The lowest BCUT2D eigenvalue weighted by molar-refractivity contribution is -0.121. The minimum Gasteiger partial charge on any atom is -0.467 e. The molecule has 1 aliphatic rings. The Morgan fingerprint density at radius 3 is 3.21 bits per heavy atom. The molecule has 0 aliphatic carbocycles. The van der Waals surface area contributed by atoms with Gasteiger partial charge in [-0.25, -0.2) is 4.98 Å². The van der Waals surface area contributed by atoms with Gasteiger partial charge in [0.2, 0.25) is 5.91 Å². The number of furan rings is 1. The van der Waals surface area contributed by atoms with Crippen LogP contribution in [0.1, 0.15) is 11.3 Å². The number of anilines is 1. The highest BCUT2D eigenvalue weighted by Gasteiger charge is 2.28. The average molecular weight is 278 g/mol. The highest BCUT2D eigenvalue weighted by Crippen LogP contribution is 2.31. The largest absolute Gasteiger partial charge is 0.467 e. The molecule has 0 spiro atoms. The molecule has 1 aliphatic heterocycles. The van der Waals surface area contributed by atoms with Crippen molar-refractivity contribution in [1.82, 2.24) is 10.3 Å². The molecule has 19 heavy (non-hydrogen) atoms. The maximum absolute atomic E-state index is 12.0. The Balaban J connectivity index is 1.63. The van der Waals surface area contributed by atoms with Gasteiger partial charge in [0.1, 0.15) is 11.8 Å². The number of rotatable bonds is 3. The van der Waals surface area contributed by atoms with Crippen LogP contribution in [0.15, 0.2) is 35.1 Å². The number of pyridine rings is 1. The number of fused-ring (bicyclic) bond motifs is 1. The molecular formula is C13H12ClN3O2. The van der Waals surface area contributed by atoms with E-state index in [-0.39, 0.29) is 11.9 Å². The van der Waals surface area contributed by atoms with Crippen LogP contribution in [0.3, 0.4) is 0 Å². The molecule has 0 saturated carbocycles. The number of carbonyl (C=O) groups excluding carboxylic acids is 1. The number of carbonyl (C=O) groups is 1. The Bertz CT molecular complexity index is 598. The molecule has 3 heterocycles. The zero-order chi connectivity index (χ0) is 13.2. The van der Waals surface area contributed by atoms with E-state index in [1.54, 1.807) is 18.5 Å². The zero-order valence-electron chi connectivity index (χ0n) is 10.0. The van der Waals surface area contributed by atoms with E-state index in [9.17, 15) is 4.79 Å². The van der Waals surface area contributed by atoms with Gasteiger partial charge in [0, 0.05) is 12.6 Å². The number of hydrogen-bond donors (Lipinski definition) is 2. The third kappa shape index (κ3) is 2.42. The van der Waals surface area contributed by atoms with E-state index in [0.29, 0.717) is 18.1 Å². The first-order chi connectivity index (χ1) is 9.24. The van der Waals surface area contributed by atoms with E-state index in [1.165, 1.54) is 0 Å². The van der Waals surface area contributed by atoms with Gasteiger partial charge in [-0.1, -0.05) is 11.6 Å². The summed E-state index contributed by atoms with van der Waals surface area (Å²) < 4.78 is 5.16. The average Bonchev–Trinajstić information content (AvgIpc) is 3.05. The molecule has 1 unspecified atom stereocenters. The van der Waals surface area contributed by atoms with Gasteiger partial charge in [-0.05, 0) is 23.8 Å². The topological polar surface area (TPSA) is 67.2 Å². The summed E-state index contributed by atoms with van der Waals surface area (Å²) in [6, 6.07) is 5.16. The Hall–Kier alpha value is -2.01. The molecular weight excluding hydrogens is 266 g/mol. The maximum Gasteiger partial charge on any atom is 0.243 e. The van der Waals surface area contributed by atoms with Crippen molar-refractivity contribution in [2.75, 3.05) is 5.32 Å². The number of halogens is 1. The standard InChI is InChI=1S/C13H12ClN3O2/c14-12-11-8(3-4-15-12)6-10(17-11)13(18)16-7-9-2-1-5-19-9/h1-5,10,17H,6-7H2,(H,16,18). The highest BCUT2D eigenvalue weighted by molar-refractivity contribution is 6.32. The lowest BCUT2D eigenvalue weighted by Gasteiger charge is -2.11. The molecule has 1 atom stereocenters. The van der Waals surface area contributed by atoms with Crippen LogP contribution in [0.25, 0.3) is 0 Å². The second kappa shape index (κ2) is 4.93. The van der Waals surface area contributed by atoms with E-state index in [1.807, 2.05) is 12.1 Å². The number of aromatic nitrogens is 1. The van der Waals surface area contributed by atoms with Crippen LogP contribution < -0.4 is 10.6 Å². The first-order valence-electron chi connectivity index (χ1n) is 5.94. The maximum atomic E-state index is 12.0. The van der Waals surface area contributed by atoms with E-state index in [0.717, 1.165) is 17.0 Å². The van der Waals surface area contributed by atoms with Gasteiger partial charge in [0.15, 0.2) is 5.15 Å². The summed E-state index contributed by atoms with van der Waals surface area (Å²) in [5, 5.41) is 6.32. The van der Waals surface area contributed by atoms with Crippen LogP contribution in [0, 0.1) is 0 Å². The third-order valence-corrected chi connectivity index (χ3v) is 3.35. The van der Waals surface area contributed by atoms with Crippen molar-refractivity contribution < 1.29 is 9.21 Å². The van der Waals surface area contributed by atoms with Crippen molar-refractivity contribution in [2.24, 2.45) is 0 Å². The first-order valence-corrected chi connectivity index (χ1v) is 6.32. The molecule has 0 saturated heterocycles. The Morgan fingerprint density at radius 1 is 1.58 bits per heavy atom. The molecule has 1 amide bonds. The lowest BCUT2D eigenvalue weighted by Crippen LogP contribution is -2.37. The molecule has 2 aromatic heterocycles. The molecule has 0 aromatic carbocycles. The Labute approximate surface area is 115 Å². The molecule has 0 fully saturated rings. The van der Waals surface area contributed by atoms with Gasteiger partial charge in [-0.3, -0.25) is 4.79 Å². The molecule has 0 radical (unpaired) electrons. The first kappa shape index (κ1) is 12.0. The van der Waals surface area contributed by atoms with Crippen LogP contribution in [-0.4, -0.2) is 16.9 Å². The predicted molar refractivity (Wildman–Crippen MR) is 70.9 cm³/mol. The van der Waals surface area contributed by atoms with Crippen molar-refractivity contribution in [3.63, 3.8) is 0 Å². The van der Waals surface area contributed by atoms with Crippen molar-refractivity contribution in [3.8, 4) is 0 Å². The van der Waals surface area contributed by atoms with Gasteiger partial charge in [-0.15, -0.1) is 0 Å². The minimum atomic E-state index is -0.313. The van der Waals surface area contributed by atoms with E-state index in [2.05, 4.69) is 15.6 Å². The quantitative estimate of drug-likeness (QED) is 0.842. The smallest absolute Gasteiger partial charge is 0.243 e. The van der Waals surface area contributed by atoms with Gasteiger partial charge in [0.25, 0.3) is 0 Å². The second-order valence-corrected chi connectivity index (χ2v) is 4.69. The monoisotopic (exact) mass is 277 g/mol. The van der Waals surface area contributed by atoms with Crippen LogP contribution in [0.5, 0.6) is 0 Å². The van der Waals surface area contributed by atoms with Crippen LogP contribution in [0.4, 0.5) is 5.69 Å². The predicted octanol–water partition coefficient (Wildman–Crippen LogP) is 1.98. The zero-order valence-corrected chi connectivity index (χ0v) is 10.8. The van der Waals surface area contributed by atoms with Gasteiger partial charge in [-0.2, -0.15) is 0 Å². The molecule has 2 aromatic rings. The SMILES string of the molecule is O=C(NCc1ccco1)C1Cc2ccnc(Cl)c2N1. The van der Waals surface area contributed by atoms with Crippen LogP contribution >= 0.6 is 11.6 Å². The summed E-state index contributed by atoms with van der Waals surface area (Å²) in [5.41, 5.74) is 1.76. The number of nitrogens with zero attached hydrogens (tertiary/aromatic N) is 1. The van der Waals surface area contributed by atoms with Crippen molar-refractivity contribution >= 4 is 23.2 Å². The fourth-order valence-electron chi connectivity index (χ4n) is 2.11. The lowest BCUT2D eigenvalue weighted by atomic mass is 10.1. The molecule has 5 nitrogen and oxygen atoms in total. The summed E-state index contributed by atoms with van der Waals surface area (Å²) in [5.74, 6) is 0.646. The molecule has 3 rings (SSSR count). The highest BCUT2D eigenvalue weighted by atomic mass is 35.5. The van der Waals surface area contributed by atoms with E-state index >= 15 is 0 Å². The van der Waals surface area contributed by atoms with E-state index < -0.39 is 0 Å². The molecule has 2 N–H and O–H groups in total. The van der Waals surface area contributed by atoms with Gasteiger partial charge < -0.3 is 15.1 Å². The molecule has 6 heteroatoms. The summed E-state index contributed by atoms with van der Waals surface area (Å²) >= 11 is 5.98. The fourth-order valence-corrected chi connectivity index (χ4v) is 2.34. The van der Waals surface area contributed by atoms with Crippen molar-refractivity contribution in [3.05, 3.63) is 47.1 Å². The number of hydrogen-bond acceptors (Lipinski definition) is 4. The summed E-state index contributed by atoms with van der Waals surface area (Å²) in [4.78, 5) is 16.0. The second-order valence-electron chi connectivity index (χ2n) is 4.33. The number of nitrogens with one attached hydrogen (secondary N) is 2. The third-order valence-electron chi connectivity index (χ3n) is 3.07. The van der Waals surface area contributed by atoms with Crippen molar-refractivity contribution in [2.45, 2.75) is 19.0 Å².